The van der Waals surface area contributed by atoms with E-state index in [4.69, 9.17) is 10.8 Å². The van der Waals surface area contributed by atoms with Crippen molar-refractivity contribution in [2.24, 2.45) is 11.7 Å². The van der Waals surface area contributed by atoms with E-state index < -0.39 is 23.9 Å². The van der Waals surface area contributed by atoms with Crippen molar-refractivity contribution in [3.8, 4) is 0 Å². The van der Waals surface area contributed by atoms with Crippen LogP contribution in [0, 0.1) is 5.92 Å². The maximum Gasteiger partial charge on any atom is 0.326 e. The second-order valence-electron chi connectivity index (χ2n) is 5.35. The van der Waals surface area contributed by atoms with E-state index in [0.717, 1.165) is 12.8 Å². The monoisotopic (exact) mass is 285 g/mol. The van der Waals surface area contributed by atoms with Gasteiger partial charge in [0.1, 0.15) is 6.04 Å². The molecule has 1 fully saturated rings. The lowest BCUT2D eigenvalue weighted by atomic mass is 10.0. The Hall–Kier alpha value is -1.79. The van der Waals surface area contributed by atoms with Crippen LogP contribution in [-0.2, 0) is 9.59 Å². The number of hydrogen-bond acceptors (Lipinski definition) is 3. The van der Waals surface area contributed by atoms with Gasteiger partial charge in [0.15, 0.2) is 0 Å². The number of amides is 3. The van der Waals surface area contributed by atoms with Crippen molar-refractivity contribution in [2.75, 3.05) is 0 Å². The molecule has 114 valence electrons. The Morgan fingerprint density at radius 2 is 1.85 bits per heavy atom. The molecule has 0 radical (unpaired) electrons. The fourth-order valence-corrected chi connectivity index (χ4v) is 2.53. The van der Waals surface area contributed by atoms with Gasteiger partial charge in [0.05, 0.1) is 0 Å². The molecule has 3 amide bonds. The van der Waals surface area contributed by atoms with Crippen LogP contribution in [0.15, 0.2) is 0 Å². The number of nitrogens with two attached hydrogens (primary N) is 1. The summed E-state index contributed by atoms with van der Waals surface area (Å²) < 4.78 is 0. The van der Waals surface area contributed by atoms with Crippen molar-refractivity contribution < 1.29 is 19.5 Å². The standard InChI is InChI=1S/C13H23N3O4/c1-8(9-4-2-3-5-9)15-13(20)16-10(12(18)19)6-7-11(14)17/h8-10H,2-7H2,1H3,(H2,14,17)(H,18,19)(H2,15,16,20)/t8?,10-/m1/s1. The Morgan fingerprint density at radius 1 is 1.25 bits per heavy atom. The summed E-state index contributed by atoms with van der Waals surface area (Å²) in [5.41, 5.74) is 4.97. The van der Waals surface area contributed by atoms with Crippen LogP contribution in [0.25, 0.3) is 0 Å². The van der Waals surface area contributed by atoms with E-state index in [1.165, 1.54) is 12.8 Å². The molecule has 1 aliphatic rings. The predicted molar refractivity (Wildman–Crippen MR) is 72.9 cm³/mol. The third kappa shape index (κ3) is 5.46. The van der Waals surface area contributed by atoms with Crippen LogP contribution in [0.1, 0.15) is 45.4 Å². The summed E-state index contributed by atoms with van der Waals surface area (Å²) in [5.74, 6) is -1.30. The maximum atomic E-state index is 11.8. The first kappa shape index (κ1) is 16.3. The number of carboxylic acid groups (broad SMARTS) is 1. The van der Waals surface area contributed by atoms with Crippen molar-refractivity contribution >= 4 is 17.9 Å². The number of carboxylic acids is 1. The van der Waals surface area contributed by atoms with Gasteiger partial charge in [-0.25, -0.2) is 9.59 Å². The number of rotatable bonds is 7. The van der Waals surface area contributed by atoms with E-state index in [1.54, 1.807) is 0 Å². The van der Waals surface area contributed by atoms with Crippen molar-refractivity contribution in [1.82, 2.24) is 10.6 Å². The molecular formula is C13H23N3O4. The van der Waals surface area contributed by atoms with E-state index in [2.05, 4.69) is 10.6 Å². The average molecular weight is 285 g/mol. The summed E-state index contributed by atoms with van der Waals surface area (Å²) in [7, 11) is 0. The highest BCUT2D eigenvalue weighted by molar-refractivity contribution is 5.83. The smallest absolute Gasteiger partial charge is 0.326 e. The number of urea groups is 1. The van der Waals surface area contributed by atoms with Crippen LogP contribution in [0.4, 0.5) is 4.79 Å². The first-order chi connectivity index (χ1) is 9.40. The van der Waals surface area contributed by atoms with Gasteiger partial charge in [0, 0.05) is 12.5 Å². The molecule has 0 saturated heterocycles. The fourth-order valence-electron chi connectivity index (χ4n) is 2.53. The summed E-state index contributed by atoms with van der Waals surface area (Å²) in [6, 6.07) is -1.59. The largest absolute Gasteiger partial charge is 0.480 e. The van der Waals surface area contributed by atoms with E-state index >= 15 is 0 Å². The number of aliphatic carboxylic acids is 1. The van der Waals surface area contributed by atoms with Crippen LogP contribution < -0.4 is 16.4 Å². The predicted octanol–water partition coefficient (Wildman–Crippen LogP) is 0.583. The van der Waals surface area contributed by atoms with Gasteiger partial charge in [-0.1, -0.05) is 12.8 Å². The number of carbonyl (C=O) groups excluding carboxylic acids is 2. The number of carbonyl (C=O) groups is 3. The van der Waals surface area contributed by atoms with Gasteiger partial charge in [-0.2, -0.15) is 0 Å². The van der Waals surface area contributed by atoms with Crippen LogP contribution >= 0.6 is 0 Å². The SMILES string of the molecule is CC(NC(=O)N[C@H](CCC(N)=O)C(=O)O)C1CCCC1. The summed E-state index contributed by atoms with van der Waals surface area (Å²) in [6.07, 6.45) is 4.45. The topological polar surface area (TPSA) is 122 Å². The highest BCUT2D eigenvalue weighted by Crippen LogP contribution is 2.27. The zero-order valence-electron chi connectivity index (χ0n) is 11.7. The van der Waals surface area contributed by atoms with Crippen LogP contribution in [-0.4, -0.2) is 35.1 Å². The Labute approximate surface area is 118 Å². The zero-order valence-corrected chi connectivity index (χ0v) is 11.7. The number of nitrogens with one attached hydrogen (secondary N) is 2. The molecule has 0 spiro atoms. The third-order valence-corrected chi connectivity index (χ3v) is 3.75. The summed E-state index contributed by atoms with van der Waals surface area (Å²) in [6.45, 7) is 1.93. The quantitative estimate of drug-likeness (QED) is 0.546. The minimum atomic E-state index is -1.17. The number of primary amides is 1. The third-order valence-electron chi connectivity index (χ3n) is 3.75. The van der Waals surface area contributed by atoms with E-state index in [0.29, 0.717) is 5.92 Å². The van der Waals surface area contributed by atoms with Crippen LogP contribution in [0.3, 0.4) is 0 Å². The molecule has 1 rings (SSSR count). The first-order valence-corrected chi connectivity index (χ1v) is 6.98. The highest BCUT2D eigenvalue weighted by atomic mass is 16.4. The Morgan fingerprint density at radius 3 is 2.35 bits per heavy atom. The van der Waals surface area contributed by atoms with Gasteiger partial charge in [-0.3, -0.25) is 4.79 Å². The van der Waals surface area contributed by atoms with Crippen molar-refractivity contribution in [3.63, 3.8) is 0 Å². The molecule has 0 aromatic heterocycles. The van der Waals surface area contributed by atoms with E-state index in [1.807, 2.05) is 6.92 Å². The van der Waals surface area contributed by atoms with Gasteiger partial charge in [-0.05, 0) is 32.1 Å². The molecule has 1 aliphatic carbocycles. The molecule has 0 aromatic rings. The van der Waals surface area contributed by atoms with Gasteiger partial charge >= 0.3 is 12.0 Å². The number of hydrogen-bond donors (Lipinski definition) is 4. The summed E-state index contributed by atoms with van der Waals surface area (Å²) >= 11 is 0. The van der Waals surface area contributed by atoms with Crippen molar-refractivity contribution in [2.45, 2.75) is 57.5 Å². The molecule has 0 aliphatic heterocycles. The van der Waals surface area contributed by atoms with Crippen LogP contribution in [0.5, 0.6) is 0 Å². The minimum Gasteiger partial charge on any atom is -0.480 e. The molecular weight excluding hydrogens is 262 g/mol. The molecule has 1 unspecified atom stereocenters. The maximum absolute atomic E-state index is 11.8. The highest BCUT2D eigenvalue weighted by Gasteiger charge is 2.25. The lowest BCUT2D eigenvalue weighted by Gasteiger charge is -2.22. The lowest BCUT2D eigenvalue weighted by molar-refractivity contribution is -0.139. The molecule has 2 atom stereocenters. The normalized spacial score (nSPS) is 18.2. The minimum absolute atomic E-state index is 0.00407. The Bertz CT molecular complexity index is 367. The van der Waals surface area contributed by atoms with Gasteiger partial charge < -0.3 is 21.5 Å². The van der Waals surface area contributed by atoms with Crippen molar-refractivity contribution in [3.05, 3.63) is 0 Å². The van der Waals surface area contributed by atoms with Gasteiger partial charge in [-0.15, -0.1) is 0 Å². The molecule has 0 heterocycles. The second kappa shape index (κ2) is 7.72. The Balaban J connectivity index is 2.40. The summed E-state index contributed by atoms with van der Waals surface area (Å²) in [5, 5.41) is 14.1. The molecule has 1 saturated carbocycles. The van der Waals surface area contributed by atoms with Crippen LogP contribution in [0.2, 0.25) is 0 Å². The lowest BCUT2D eigenvalue weighted by Crippen LogP contribution is -2.49. The molecule has 20 heavy (non-hydrogen) atoms. The van der Waals surface area contributed by atoms with Crippen molar-refractivity contribution in [1.29, 1.82) is 0 Å². The summed E-state index contributed by atoms with van der Waals surface area (Å²) in [4.78, 5) is 33.4. The average Bonchev–Trinajstić information content (AvgIpc) is 2.87. The Kier molecular flexibility index (Phi) is 6.27. The van der Waals surface area contributed by atoms with E-state index in [-0.39, 0.29) is 18.9 Å². The molecule has 5 N–H and O–H groups in total. The first-order valence-electron chi connectivity index (χ1n) is 6.98. The second-order valence-corrected chi connectivity index (χ2v) is 5.35. The molecule has 7 heteroatoms. The molecule has 7 nitrogen and oxygen atoms in total. The molecule has 0 aromatic carbocycles. The fraction of sp³-hybridized carbons (Fsp3) is 0.769. The van der Waals surface area contributed by atoms with Gasteiger partial charge in [0.25, 0.3) is 0 Å². The molecule has 0 bridgehead atoms. The zero-order chi connectivity index (χ0) is 15.1. The van der Waals surface area contributed by atoms with Gasteiger partial charge in [0.2, 0.25) is 5.91 Å². The van der Waals surface area contributed by atoms with E-state index in [9.17, 15) is 14.4 Å².